The molecular formula is C120H96. The van der Waals surface area contributed by atoms with Crippen molar-refractivity contribution in [2.45, 2.75) is 78.6 Å². The van der Waals surface area contributed by atoms with Gasteiger partial charge in [0.2, 0.25) is 0 Å². The molecular weight excluding hydrogens is 1440 g/mol. The molecule has 0 bridgehead atoms. The Balaban J connectivity index is 0.000000120. The van der Waals surface area contributed by atoms with Crippen LogP contribution in [0.4, 0.5) is 0 Å². The lowest BCUT2D eigenvalue weighted by Gasteiger charge is -2.23. The van der Waals surface area contributed by atoms with E-state index in [0.29, 0.717) is 0 Å². The van der Waals surface area contributed by atoms with Gasteiger partial charge in [-0.3, -0.25) is 0 Å². The first-order valence-electron chi connectivity index (χ1n) is 42.3. The molecule has 120 heavy (non-hydrogen) atoms. The zero-order valence-electron chi connectivity index (χ0n) is 69.8. The minimum Gasteiger partial charge on any atom is -0.0622 e. The van der Waals surface area contributed by atoms with Crippen LogP contribution >= 0.6 is 0 Å². The zero-order chi connectivity index (χ0) is 81.8. The minimum atomic E-state index is 0.0465. The number of fused-ring (bicyclic) bond motifs is 9. The van der Waals surface area contributed by atoms with E-state index in [1.54, 1.807) is 0 Å². The second-order valence-corrected chi connectivity index (χ2v) is 35.4. The van der Waals surface area contributed by atoms with Gasteiger partial charge in [0.25, 0.3) is 0 Å². The molecule has 0 aliphatic heterocycles. The molecule has 0 radical (unpaired) electrons. The van der Waals surface area contributed by atoms with Gasteiger partial charge < -0.3 is 0 Å². The summed E-state index contributed by atoms with van der Waals surface area (Å²) in [5.41, 5.74) is 27.1. The highest BCUT2D eigenvalue weighted by atomic mass is 14.3. The van der Waals surface area contributed by atoms with Crippen LogP contribution in [-0.2, 0) is 16.2 Å². The van der Waals surface area contributed by atoms with Gasteiger partial charge in [0.15, 0.2) is 0 Å². The normalized spacial score (nSPS) is 11.9. The van der Waals surface area contributed by atoms with Crippen molar-refractivity contribution in [2.24, 2.45) is 0 Å². The van der Waals surface area contributed by atoms with Crippen molar-refractivity contribution in [3.8, 4) is 100 Å². The predicted molar refractivity (Wildman–Crippen MR) is 522 cm³/mol. The summed E-state index contributed by atoms with van der Waals surface area (Å²) in [6.45, 7) is 20.6. The Bertz CT molecular complexity index is 7370. The monoisotopic (exact) mass is 1540 g/mol. The van der Waals surface area contributed by atoms with Crippen molar-refractivity contribution >= 4 is 97.0 Å². The summed E-state index contributed by atoms with van der Waals surface area (Å²) in [7, 11) is 0. The molecule has 0 heterocycles. The smallest absolute Gasteiger partial charge is 0.00201 e. The summed E-state index contributed by atoms with van der Waals surface area (Å²) in [6.07, 6.45) is 0. The summed E-state index contributed by atoms with van der Waals surface area (Å²) < 4.78 is 0. The number of benzene rings is 21. The third kappa shape index (κ3) is 14.6. The average Bonchev–Trinajstić information content (AvgIpc) is 0.760. The summed E-state index contributed by atoms with van der Waals surface area (Å²) in [5.74, 6) is 0. The van der Waals surface area contributed by atoms with Crippen molar-refractivity contribution in [2.75, 3.05) is 0 Å². The molecule has 21 aromatic carbocycles. The second-order valence-electron chi connectivity index (χ2n) is 35.4. The minimum absolute atomic E-state index is 0.0465. The molecule has 0 unspecified atom stereocenters. The topological polar surface area (TPSA) is 0 Å². The Morgan fingerprint density at radius 1 is 0.125 bits per heavy atom. The third-order valence-electron chi connectivity index (χ3n) is 24.7. The standard InChI is InChI=1S/C44H40.C40H32.C36H24/c1-43(2,3)35-23-21-31(22-24-35)30-15-18-32(19-16-30)41-37-13-9-10-14-38(37)42(34-20-17-29-11-7-8-12-33(29)27-34)40-28-36(44(4,5)6)25-26-39(40)41;1-40(2,3)33-23-24-36-37(26-33)39(32-22-19-28-13-7-8-14-31(28)25-32)35-16-10-9-15-34(35)38(36)30-20-17-29(18-21-30)27-11-5-4-6-12-27;1-2-11-25(12-3-1)26-21-23-28(24-22-26)35-31-16-6-8-18-33(31)36(34-19-9-7-17-32(34)35)30-20-10-14-27-13-4-5-15-29(27)30/h7-28H,1-6H3;4-26H,1-3H3;1-24H. The third-order valence-corrected chi connectivity index (χ3v) is 24.7. The fourth-order valence-electron chi connectivity index (χ4n) is 18.3. The van der Waals surface area contributed by atoms with E-state index >= 15 is 0 Å². The van der Waals surface area contributed by atoms with E-state index in [2.05, 4.69) is 481 Å². The lowest BCUT2D eigenvalue weighted by Crippen LogP contribution is -2.10. The Hall–Kier alpha value is -14.0. The van der Waals surface area contributed by atoms with Crippen molar-refractivity contribution < 1.29 is 0 Å². The fraction of sp³-hybridized carbons (Fsp3) is 0.100. The zero-order valence-corrected chi connectivity index (χ0v) is 69.8. The van der Waals surface area contributed by atoms with Gasteiger partial charge in [0.1, 0.15) is 0 Å². The van der Waals surface area contributed by atoms with E-state index < -0.39 is 0 Å². The summed E-state index contributed by atoms with van der Waals surface area (Å²) in [4.78, 5) is 0. The maximum absolute atomic E-state index is 2.45. The maximum Gasteiger partial charge on any atom is -0.00201 e. The van der Waals surface area contributed by atoms with Crippen LogP contribution < -0.4 is 0 Å². The summed E-state index contributed by atoms with van der Waals surface area (Å²) >= 11 is 0. The highest BCUT2D eigenvalue weighted by Crippen LogP contribution is 2.50. The van der Waals surface area contributed by atoms with Gasteiger partial charge >= 0.3 is 0 Å². The highest BCUT2D eigenvalue weighted by Gasteiger charge is 2.25. The Morgan fingerprint density at radius 3 is 0.700 bits per heavy atom. The molecule has 0 fully saturated rings. The van der Waals surface area contributed by atoms with E-state index in [9.17, 15) is 0 Å². The van der Waals surface area contributed by atoms with Gasteiger partial charge in [0.05, 0.1) is 0 Å². The van der Waals surface area contributed by atoms with Crippen LogP contribution in [0.1, 0.15) is 79.0 Å². The molecule has 0 aromatic heterocycles. The van der Waals surface area contributed by atoms with Gasteiger partial charge in [-0.25, -0.2) is 0 Å². The second kappa shape index (κ2) is 31.4. The molecule has 0 amide bonds. The van der Waals surface area contributed by atoms with Crippen LogP contribution in [0.3, 0.4) is 0 Å². The quantitative estimate of drug-likeness (QED) is 0.126. The maximum atomic E-state index is 2.45. The lowest BCUT2D eigenvalue weighted by molar-refractivity contribution is 0.590. The molecule has 0 spiro atoms. The largest absolute Gasteiger partial charge is 0.0622 e. The van der Waals surface area contributed by atoms with Crippen molar-refractivity contribution in [3.63, 3.8) is 0 Å². The first-order chi connectivity index (χ1) is 58.4. The van der Waals surface area contributed by atoms with E-state index in [1.165, 1.54) is 214 Å². The van der Waals surface area contributed by atoms with E-state index in [4.69, 9.17) is 0 Å². The highest BCUT2D eigenvalue weighted by molar-refractivity contribution is 6.26. The molecule has 0 saturated carbocycles. The van der Waals surface area contributed by atoms with Gasteiger partial charge in [0, 0.05) is 0 Å². The van der Waals surface area contributed by atoms with E-state index in [-0.39, 0.29) is 16.2 Å². The first-order valence-corrected chi connectivity index (χ1v) is 42.3. The molecule has 0 aliphatic rings. The Morgan fingerprint density at radius 2 is 0.358 bits per heavy atom. The molecule has 21 aromatic rings. The van der Waals surface area contributed by atoms with Crippen LogP contribution in [0.5, 0.6) is 0 Å². The predicted octanol–water partition coefficient (Wildman–Crippen LogP) is 34.3. The lowest BCUT2D eigenvalue weighted by atomic mass is 9.81. The van der Waals surface area contributed by atoms with Crippen molar-refractivity contribution in [1.29, 1.82) is 0 Å². The van der Waals surface area contributed by atoms with Gasteiger partial charge in [-0.05, 0) is 254 Å². The Kier molecular flexibility index (Phi) is 19.9. The molecule has 0 atom stereocenters. The van der Waals surface area contributed by atoms with Crippen LogP contribution in [0, 0.1) is 0 Å². The van der Waals surface area contributed by atoms with Crippen molar-refractivity contribution in [3.05, 3.63) is 435 Å². The van der Waals surface area contributed by atoms with Gasteiger partial charge in [-0.1, -0.05) is 457 Å². The molecule has 0 N–H and O–H groups in total. The summed E-state index contributed by atoms with van der Waals surface area (Å²) in [6, 6.07) is 154. The molecule has 576 valence electrons. The van der Waals surface area contributed by atoms with E-state index in [1.807, 2.05) is 0 Å². The molecule has 0 nitrogen and oxygen atoms in total. The first kappa shape index (κ1) is 76.0. The number of hydrogen-bond donors (Lipinski definition) is 0. The SMILES string of the molecule is CC(C)(C)c1ccc(-c2ccc(-c3c4ccccc4c(-c4ccc5ccccc5c4)c4cc(C(C)(C)C)ccc34)cc2)cc1.CC(C)(C)c1ccc2c(-c3ccc(-c4ccccc4)cc3)c3ccccc3c(-c3ccc4ccccc4c3)c2c1.c1ccc(-c2ccc(-c3c4ccccc4c(-c4cccc5ccccc45)c4ccccc34)cc2)cc1. The van der Waals surface area contributed by atoms with E-state index in [0.717, 1.165) is 0 Å². The van der Waals surface area contributed by atoms with Crippen molar-refractivity contribution in [1.82, 2.24) is 0 Å². The van der Waals surface area contributed by atoms with Crippen LogP contribution in [0.25, 0.3) is 197 Å². The fourth-order valence-corrected chi connectivity index (χ4v) is 18.3. The summed E-state index contributed by atoms with van der Waals surface area (Å²) in [5, 5.41) is 23.1. The molecule has 0 heteroatoms. The number of rotatable bonds is 9. The molecule has 21 rings (SSSR count). The van der Waals surface area contributed by atoms with Crippen LogP contribution in [0.2, 0.25) is 0 Å². The average molecular weight is 1540 g/mol. The van der Waals surface area contributed by atoms with Gasteiger partial charge in [-0.15, -0.1) is 0 Å². The molecule has 0 aliphatic carbocycles. The van der Waals surface area contributed by atoms with Crippen LogP contribution in [0.15, 0.2) is 419 Å². The van der Waals surface area contributed by atoms with Crippen LogP contribution in [-0.4, -0.2) is 0 Å². The molecule has 0 saturated heterocycles. The van der Waals surface area contributed by atoms with Gasteiger partial charge in [-0.2, -0.15) is 0 Å². The Labute approximate surface area is 706 Å². The number of hydrogen-bond acceptors (Lipinski definition) is 0.